The average Bonchev–Trinajstić information content (AvgIpc) is 3.53. The van der Waals surface area contributed by atoms with Gasteiger partial charge in [0.25, 0.3) is 0 Å². The van der Waals surface area contributed by atoms with Crippen molar-refractivity contribution in [1.29, 1.82) is 0 Å². The summed E-state index contributed by atoms with van der Waals surface area (Å²) in [5.74, 6) is 0.573. The zero-order chi connectivity index (χ0) is 26.6. The van der Waals surface area contributed by atoms with E-state index in [9.17, 15) is 13.2 Å². The van der Waals surface area contributed by atoms with Gasteiger partial charge in [-0.25, -0.2) is 8.42 Å². The van der Waals surface area contributed by atoms with Gasteiger partial charge in [0.1, 0.15) is 12.4 Å². The Kier molecular flexibility index (Phi) is 8.90. The minimum atomic E-state index is -3.69. The van der Waals surface area contributed by atoms with Crippen LogP contribution in [-0.4, -0.2) is 87.5 Å². The molecule has 0 spiro atoms. The Morgan fingerprint density at radius 2 is 1.78 bits per heavy atom. The molecule has 202 valence electrons. The Hall–Kier alpha value is -2.46. The molecule has 0 saturated carbocycles. The Labute approximate surface area is 221 Å². The van der Waals surface area contributed by atoms with Crippen LogP contribution in [-0.2, 0) is 26.1 Å². The summed E-state index contributed by atoms with van der Waals surface area (Å²) < 4.78 is 39.8. The van der Waals surface area contributed by atoms with Crippen molar-refractivity contribution in [1.82, 2.24) is 14.1 Å². The predicted octanol–water partition coefficient (Wildman–Crippen LogP) is 3.21. The number of hydrogen-bond acceptors (Lipinski definition) is 6. The van der Waals surface area contributed by atoms with Gasteiger partial charge in [-0.15, -0.1) is 0 Å². The van der Waals surface area contributed by atoms with E-state index in [0.717, 1.165) is 32.5 Å². The summed E-state index contributed by atoms with van der Waals surface area (Å²) in [4.78, 5) is 17.3. The molecule has 2 fully saturated rings. The number of nitrogens with zero attached hydrogens (tertiary/aromatic N) is 3. The first kappa shape index (κ1) is 27.6. The first-order chi connectivity index (χ1) is 17.7. The van der Waals surface area contributed by atoms with E-state index in [1.165, 1.54) is 5.56 Å². The number of likely N-dealkylation sites (N-methyl/N-ethyl adjacent to an activating group) is 1. The summed E-state index contributed by atoms with van der Waals surface area (Å²) in [7, 11) is -0.280. The van der Waals surface area contributed by atoms with Crippen LogP contribution in [0.4, 0.5) is 0 Å². The lowest BCUT2D eigenvalue weighted by molar-refractivity contribution is -0.137. The second kappa shape index (κ2) is 11.9. The lowest BCUT2D eigenvalue weighted by Crippen LogP contribution is -2.42. The van der Waals surface area contributed by atoms with E-state index >= 15 is 0 Å². The number of hydrogen-bond donors (Lipinski definition) is 0. The third-order valence-electron chi connectivity index (χ3n) is 7.53. The molecule has 9 heteroatoms. The fourth-order valence-corrected chi connectivity index (χ4v) is 7.64. The maximum atomic E-state index is 13.6. The summed E-state index contributed by atoms with van der Waals surface area (Å²) in [6.45, 7) is 6.88. The third-order valence-corrected chi connectivity index (χ3v) is 9.79. The maximum absolute atomic E-state index is 13.6. The SMILES string of the molecule is COc1cc(C)c(S(=O)(=O)N2CCCC2COCC(=O)N(C)C2CCN(Cc3ccccc3)C2)c(C)c1. The fraction of sp³-hybridized carbons (Fsp3) is 0.536. The maximum Gasteiger partial charge on any atom is 0.248 e. The number of amides is 1. The first-order valence-corrected chi connectivity index (χ1v) is 14.4. The minimum Gasteiger partial charge on any atom is -0.497 e. The van der Waals surface area contributed by atoms with Gasteiger partial charge in [-0.2, -0.15) is 4.31 Å². The molecule has 2 aromatic carbocycles. The van der Waals surface area contributed by atoms with Crippen molar-refractivity contribution in [3.05, 3.63) is 59.2 Å². The number of methoxy groups -OCH3 is 1. The van der Waals surface area contributed by atoms with Crippen LogP contribution in [0.15, 0.2) is 47.4 Å². The zero-order valence-electron chi connectivity index (χ0n) is 22.4. The summed E-state index contributed by atoms with van der Waals surface area (Å²) in [5, 5.41) is 0. The number of carbonyl (C=O) groups excluding carboxylic acids is 1. The lowest BCUT2D eigenvalue weighted by Gasteiger charge is -2.27. The smallest absolute Gasteiger partial charge is 0.248 e. The van der Waals surface area contributed by atoms with Crippen molar-refractivity contribution >= 4 is 15.9 Å². The highest BCUT2D eigenvalue weighted by Crippen LogP contribution is 2.32. The van der Waals surface area contributed by atoms with Gasteiger partial charge in [0.2, 0.25) is 15.9 Å². The largest absolute Gasteiger partial charge is 0.497 e. The van der Waals surface area contributed by atoms with E-state index in [4.69, 9.17) is 9.47 Å². The Morgan fingerprint density at radius 1 is 1.08 bits per heavy atom. The van der Waals surface area contributed by atoms with E-state index in [2.05, 4.69) is 17.0 Å². The molecule has 2 aromatic rings. The lowest BCUT2D eigenvalue weighted by atomic mass is 10.1. The number of rotatable bonds is 10. The number of aryl methyl sites for hydroxylation is 2. The van der Waals surface area contributed by atoms with E-state index < -0.39 is 10.0 Å². The molecule has 0 aliphatic carbocycles. The fourth-order valence-electron chi connectivity index (χ4n) is 5.55. The molecule has 2 heterocycles. The van der Waals surface area contributed by atoms with Gasteiger partial charge in [-0.3, -0.25) is 9.69 Å². The van der Waals surface area contributed by atoms with Crippen LogP contribution < -0.4 is 4.74 Å². The summed E-state index contributed by atoms with van der Waals surface area (Å²) in [5.41, 5.74) is 2.60. The molecule has 2 aliphatic heterocycles. The van der Waals surface area contributed by atoms with Crippen LogP contribution in [0.5, 0.6) is 5.75 Å². The van der Waals surface area contributed by atoms with Crippen LogP contribution in [0, 0.1) is 13.8 Å². The molecule has 2 unspecified atom stereocenters. The van der Waals surface area contributed by atoms with Crippen molar-refractivity contribution in [3.63, 3.8) is 0 Å². The van der Waals surface area contributed by atoms with Gasteiger partial charge >= 0.3 is 0 Å². The number of ether oxygens (including phenoxy) is 2. The first-order valence-electron chi connectivity index (χ1n) is 13.0. The zero-order valence-corrected chi connectivity index (χ0v) is 23.2. The number of sulfonamides is 1. The van der Waals surface area contributed by atoms with Gasteiger partial charge in [-0.05, 0) is 61.9 Å². The Morgan fingerprint density at radius 3 is 2.46 bits per heavy atom. The van der Waals surface area contributed by atoms with Crippen LogP contribution in [0.1, 0.15) is 36.0 Å². The number of likely N-dealkylation sites (tertiary alicyclic amines) is 1. The predicted molar refractivity (Wildman–Crippen MR) is 143 cm³/mol. The molecular weight excluding hydrogens is 490 g/mol. The van der Waals surface area contributed by atoms with Crippen molar-refractivity contribution in [2.45, 2.75) is 56.6 Å². The van der Waals surface area contributed by atoms with Crippen molar-refractivity contribution in [2.75, 3.05) is 47.0 Å². The third kappa shape index (κ3) is 6.34. The van der Waals surface area contributed by atoms with Gasteiger partial charge < -0.3 is 14.4 Å². The van der Waals surface area contributed by atoms with E-state index in [1.54, 1.807) is 42.3 Å². The highest BCUT2D eigenvalue weighted by Gasteiger charge is 2.37. The molecule has 2 aliphatic rings. The van der Waals surface area contributed by atoms with Gasteiger partial charge in [0.05, 0.1) is 18.6 Å². The summed E-state index contributed by atoms with van der Waals surface area (Å²) in [6.07, 6.45) is 2.42. The number of carbonyl (C=O) groups is 1. The Bertz CT molecular complexity index is 1160. The second-order valence-electron chi connectivity index (χ2n) is 10.2. The van der Waals surface area contributed by atoms with Gasteiger partial charge in [-0.1, -0.05) is 30.3 Å². The molecular formula is C28H39N3O5S. The molecule has 2 atom stereocenters. The molecule has 37 heavy (non-hydrogen) atoms. The van der Waals surface area contributed by atoms with E-state index in [-0.39, 0.29) is 31.2 Å². The molecule has 0 N–H and O–H groups in total. The van der Waals surface area contributed by atoms with Crippen molar-refractivity contribution in [3.8, 4) is 5.75 Å². The quantitative estimate of drug-likeness (QED) is 0.470. The molecule has 8 nitrogen and oxygen atoms in total. The van der Waals surface area contributed by atoms with Crippen molar-refractivity contribution in [2.24, 2.45) is 0 Å². The van der Waals surface area contributed by atoms with E-state index in [0.29, 0.717) is 34.7 Å². The second-order valence-corrected chi connectivity index (χ2v) is 12.0. The van der Waals surface area contributed by atoms with Crippen LogP contribution in [0.3, 0.4) is 0 Å². The molecule has 0 radical (unpaired) electrons. The van der Waals surface area contributed by atoms with Gasteiger partial charge in [0, 0.05) is 45.3 Å². The molecule has 0 aromatic heterocycles. The molecule has 1 amide bonds. The summed E-state index contributed by atoms with van der Waals surface area (Å²) >= 11 is 0. The molecule has 4 rings (SSSR count). The van der Waals surface area contributed by atoms with Crippen molar-refractivity contribution < 1.29 is 22.7 Å². The van der Waals surface area contributed by atoms with Crippen LogP contribution in [0.25, 0.3) is 0 Å². The van der Waals surface area contributed by atoms with E-state index in [1.807, 2.05) is 25.2 Å². The highest BCUT2D eigenvalue weighted by molar-refractivity contribution is 7.89. The summed E-state index contributed by atoms with van der Waals surface area (Å²) in [6, 6.07) is 13.7. The number of benzene rings is 2. The average molecular weight is 530 g/mol. The van der Waals surface area contributed by atoms with Gasteiger partial charge in [0.15, 0.2) is 0 Å². The Balaban J connectivity index is 1.30. The van der Waals surface area contributed by atoms with Crippen LogP contribution in [0.2, 0.25) is 0 Å². The highest BCUT2D eigenvalue weighted by atomic mass is 32.2. The van der Waals surface area contributed by atoms with Crippen LogP contribution >= 0.6 is 0 Å². The molecule has 0 bridgehead atoms. The molecule has 2 saturated heterocycles. The topological polar surface area (TPSA) is 79.4 Å². The monoisotopic (exact) mass is 529 g/mol. The minimum absolute atomic E-state index is 0.0450. The standard InChI is InChI=1S/C28H39N3O5S/c1-21-15-26(35-4)16-22(2)28(21)37(33,34)31-13-8-11-25(31)19-36-20-27(32)29(3)24-12-14-30(18-24)17-23-9-6-5-7-10-23/h5-7,9-10,15-16,24-25H,8,11-14,17-20H2,1-4H3. The normalized spacial score (nSPS) is 20.9.